The summed E-state index contributed by atoms with van der Waals surface area (Å²) in [5, 5.41) is 12.1. The van der Waals surface area contributed by atoms with Gasteiger partial charge in [-0.25, -0.2) is 4.98 Å². The quantitative estimate of drug-likeness (QED) is 0.366. The third kappa shape index (κ3) is 3.55. The molecule has 0 aliphatic carbocycles. The summed E-state index contributed by atoms with van der Waals surface area (Å²) in [5.41, 5.74) is 1.63. The van der Waals surface area contributed by atoms with Crippen LogP contribution in [0.15, 0.2) is 64.3 Å². The average molecular weight is 491 g/mol. The fourth-order valence-electron chi connectivity index (χ4n) is 4.24. The first-order valence-corrected chi connectivity index (χ1v) is 11.6. The van der Waals surface area contributed by atoms with Crippen LogP contribution in [-0.2, 0) is 4.79 Å². The lowest BCUT2D eigenvalue weighted by atomic mass is 9.94. The zero-order valence-corrected chi connectivity index (χ0v) is 20.3. The van der Waals surface area contributed by atoms with Crippen LogP contribution in [0.5, 0.6) is 11.5 Å². The minimum atomic E-state index is -1.02. The van der Waals surface area contributed by atoms with Crippen molar-refractivity contribution in [3.8, 4) is 11.5 Å². The van der Waals surface area contributed by atoms with Crippen molar-refractivity contribution in [1.29, 1.82) is 0 Å². The zero-order valence-electron chi connectivity index (χ0n) is 19.5. The molecule has 1 aliphatic heterocycles. The lowest BCUT2D eigenvalue weighted by Gasteiger charge is -2.26. The number of amides is 1. The number of nitrogens with zero attached hydrogens (tertiary/aromatic N) is 2. The molecule has 4 aromatic rings. The van der Waals surface area contributed by atoms with Crippen molar-refractivity contribution >= 4 is 39.1 Å². The van der Waals surface area contributed by atoms with Crippen molar-refractivity contribution in [3.05, 3.63) is 81.8 Å². The highest BCUT2D eigenvalue weighted by atomic mass is 32.1. The Morgan fingerprint density at radius 3 is 2.54 bits per heavy atom. The number of thiazole rings is 1. The molecular weight excluding hydrogens is 468 g/mol. The van der Waals surface area contributed by atoms with Crippen LogP contribution in [0.3, 0.4) is 0 Å². The van der Waals surface area contributed by atoms with Gasteiger partial charge in [-0.15, -0.1) is 11.3 Å². The average Bonchev–Trinajstić information content (AvgIpc) is 3.52. The van der Waals surface area contributed by atoms with Gasteiger partial charge in [0.2, 0.25) is 5.78 Å². The number of aromatic nitrogens is 1. The number of hydrogen-bond acceptors (Lipinski definition) is 8. The Hall–Kier alpha value is -4.11. The zero-order chi connectivity index (χ0) is 24.9. The molecule has 8 nitrogen and oxygen atoms in total. The minimum absolute atomic E-state index is 0.0146. The maximum absolute atomic E-state index is 13.8. The third-order valence-corrected chi connectivity index (χ3v) is 7.13. The van der Waals surface area contributed by atoms with E-state index >= 15 is 0 Å². The lowest BCUT2D eigenvalue weighted by molar-refractivity contribution is -0.117. The first-order chi connectivity index (χ1) is 16.8. The van der Waals surface area contributed by atoms with Crippen molar-refractivity contribution in [1.82, 2.24) is 4.98 Å². The predicted octanol–water partition coefficient (Wildman–Crippen LogP) is 5.31. The molecule has 1 amide bonds. The number of rotatable bonds is 6. The molecule has 9 heteroatoms. The number of Topliss-reactive ketones (excluding diaryl/α,β-unsaturated/α-hetero) is 1. The van der Waals surface area contributed by atoms with Crippen LogP contribution >= 0.6 is 11.3 Å². The van der Waals surface area contributed by atoms with E-state index in [0.717, 1.165) is 16.0 Å². The molecule has 0 fully saturated rings. The molecule has 1 atom stereocenters. The number of aliphatic hydroxyl groups excluding tert-OH is 1. The van der Waals surface area contributed by atoms with Gasteiger partial charge in [0.05, 0.1) is 25.5 Å². The van der Waals surface area contributed by atoms with E-state index in [0.29, 0.717) is 27.8 Å². The number of fused-ring (bicyclic) bond motifs is 1. The van der Waals surface area contributed by atoms with E-state index < -0.39 is 23.5 Å². The van der Waals surface area contributed by atoms with Gasteiger partial charge in [0.1, 0.15) is 11.6 Å². The second kappa shape index (κ2) is 8.59. The standard InChI is InChI=1S/C26H22N2O6S/c1-13-14(2)35-26(27-13)28-21(16-9-7-11-18(32-3)24(16)33-4)20(23(30)25(28)31)22(29)19-12-15-8-5-6-10-17(15)34-19/h5-12,21,30H,1-4H3/t21-/m1/s1. The van der Waals surface area contributed by atoms with Gasteiger partial charge in [-0.2, -0.15) is 0 Å². The number of para-hydroxylation sites is 2. The highest BCUT2D eigenvalue weighted by molar-refractivity contribution is 7.15. The highest BCUT2D eigenvalue weighted by Crippen LogP contribution is 2.48. The Kier molecular flexibility index (Phi) is 5.56. The SMILES string of the molecule is COc1cccc([C@@H]2C(C(=O)c3cc4ccccc4o3)=C(O)C(=O)N2c2nc(C)c(C)s2)c1OC. The van der Waals surface area contributed by atoms with E-state index in [1.165, 1.54) is 30.5 Å². The molecule has 0 unspecified atom stereocenters. The second-order valence-corrected chi connectivity index (χ2v) is 9.22. The molecule has 2 aromatic carbocycles. The van der Waals surface area contributed by atoms with Gasteiger partial charge in [-0.05, 0) is 32.0 Å². The van der Waals surface area contributed by atoms with E-state index in [1.807, 2.05) is 26.0 Å². The smallest absolute Gasteiger partial charge is 0.296 e. The third-order valence-electron chi connectivity index (χ3n) is 6.05. The number of carbonyl (C=O) groups is 2. The van der Waals surface area contributed by atoms with E-state index in [4.69, 9.17) is 13.9 Å². The van der Waals surface area contributed by atoms with Crippen molar-refractivity contribution in [2.75, 3.05) is 19.1 Å². The molecule has 178 valence electrons. The van der Waals surface area contributed by atoms with Crippen LogP contribution in [-0.4, -0.2) is 36.0 Å². The molecule has 0 radical (unpaired) electrons. The summed E-state index contributed by atoms with van der Waals surface area (Å²) in [6.45, 7) is 3.73. The largest absolute Gasteiger partial charge is 0.503 e. The van der Waals surface area contributed by atoms with Crippen LogP contribution in [0, 0.1) is 13.8 Å². The van der Waals surface area contributed by atoms with Gasteiger partial charge < -0.3 is 19.0 Å². The number of carbonyl (C=O) groups excluding carboxylic acids is 2. The Bertz CT molecular complexity index is 1460. The molecule has 0 spiro atoms. The van der Waals surface area contributed by atoms with Crippen molar-refractivity contribution in [3.63, 3.8) is 0 Å². The monoisotopic (exact) mass is 490 g/mol. The molecule has 1 aliphatic rings. The van der Waals surface area contributed by atoms with Gasteiger partial charge in [-0.3, -0.25) is 14.5 Å². The Labute approximate surface area is 205 Å². The summed E-state index contributed by atoms with van der Waals surface area (Å²) < 4.78 is 16.9. The van der Waals surface area contributed by atoms with E-state index in [1.54, 1.807) is 36.4 Å². The number of methoxy groups -OCH3 is 2. The number of ketones is 1. The van der Waals surface area contributed by atoms with Gasteiger partial charge >= 0.3 is 0 Å². The van der Waals surface area contributed by atoms with Gasteiger partial charge in [-0.1, -0.05) is 30.3 Å². The molecule has 1 N–H and O–H groups in total. The number of hydrogen-bond donors (Lipinski definition) is 1. The van der Waals surface area contributed by atoms with Crippen LogP contribution < -0.4 is 14.4 Å². The van der Waals surface area contributed by atoms with Gasteiger partial charge in [0.25, 0.3) is 5.91 Å². The fourth-order valence-corrected chi connectivity index (χ4v) is 5.18. The maximum Gasteiger partial charge on any atom is 0.296 e. The molecular formula is C26H22N2O6S. The molecule has 2 aromatic heterocycles. The summed E-state index contributed by atoms with van der Waals surface area (Å²) in [6, 6.07) is 13.0. The highest BCUT2D eigenvalue weighted by Gasteiger charge is 2.48. The van der Waals surface area contributed by atoms with Crippen LogP contribution in [0.4, 0.5) is 5.13 Å². The maximum atomic E-state index is 13.8. The molecule has 0 saturated carbocycles. The summed E-state index contributed by atoms with van der Waals surface area (Å²) in [7, 11) is 2.98. The fraction of sp³-hybridized carbons (Fsp3) is 0.192. The Balaban J connectivity index is 1.73. The molecule has 0 saturated heterocycles. The van der Waals surface area contributed by atoms with Crippen LogP contribution in [0.2, 0.25) is 0 Å². The topological polar surface area (TPSA) is 102 Å². The number of furan rings is 1. The van der Waals surface area contributed by atoms with Crippen molar-refractivity contribution in [2.45, 2.75) is 19.9 Å². The van der Waals surface area contributed by atoms with Crippen LogP contribution in [0.25, 0.3) is 11.0 Å². The molecule has 0 bridgehead atoms. The summed E-state index contributed by atoms with van der Waals surface area (Å²) in [5.74, 6) is -1.21. The van der Waals surface area contributed by atoms with E-state index in [2.05, 4.69) is 4.98 Å². The summed E-state index contributed by atoms with van der Waals surface area (Å²) in [6.07, 6.45) is 0. The lowest BCUT2D eigenvalue weighted by Crippen LogP contribution is -2.31. The van der Waals surface area contributed by atoms with Gasteiger partial charge in [0, 0.05) is 15.8 Å². The molecule has 5 rings (SSSR count). The molecule has 35 heavy (non-hydrogen) atoms. The normalized spacial score (nSPS) is 15.8. The summed E-state index contributed by atoms with van der Waals surface area (Å²) in [4.78, 5) is 34.0. The number of aryl methyl sites for hydroxylation is 2. The predicted molar refractivity (Wildman–Crippen MR) is 132 cm³/mol. The van der Waals surface area contributed by atoms with E-state index in [9.17, 15) is 14.7 Å². The first kappa shape index (κ1) is 22.7. The van der Waals surface area contributed by atoms with Crippen molar-refractivity contribution in [2.24, 2.45) is 0 Å². The number of benzene rings is 2. The first-order valence-electron chi connectivity index (χ1n) is 10.8. The molecule has 3 heterocycles. The minimum Gasteiger partial charge on any atom is -0.503 e. The Morgan fingerprint density at radius 2 is 1.89 bits per heavy atom. The van der Waals surface area contributed by atoms with Crippen LogP contribution in [0.1, 0.15) is 32.7 Å². The Morgan fingerprint density at radius 1 is 1.11 bits per heavy atom. The van der Waals surface area contributed by atoms with Gasteiger partial charge in [0.15, 0.2) is 28.1 Å². The summed E-state index contributed by atoms with van der Waals surface area (Å²) >= 11 is 1.30. The van der Waals surface area contributed by atoms with Crippen molar-refractivity contribution < 1.29 is 28.6 Å². The number of ether oxygens (including phenoxy) is 2. The second-order valence-electron chi connectivity index (χ2n) is 8.04. The van der Waals surface area contributed by atoms with E-state index in [-0.39, 0.29) is 11.3 Å². The number of aliphatic hydroxyl groups is 1. The number of anilines is 1.